The van der Waals surface area contributed by atoms with Crippen molar-refractivity contribution < 1.29 is 0 Å². The van der Waals surface area contributed by atoms with Crippen LogP contribution < -0.4 is 11.1 Å². The van der Waals surface area contributed by atoms with Crippen molar-refractivity contribution in [1.82, 2.24) is 5.32 Å². The van der Waals surface area contributed by atoms with Crippen LogP contribution >= 0.6 is 11.8 Å². The highest BCUT2D eigenvalue weighted by atomic mass is 32.2. The normalized spacial score (nSPS) is 43.4. The summed E-state index contributed by atoms with van der Waals surface area (Å²) in [6.45, 7) is 2.24. The lowest BCUT2D eigenvalue weighted by atomic mass is 9.93. The first-order chi connectivity index (χ1) is 8.72. The Morgan fingerprint density at radius 1 is 1.50 bits per heavy atom. The summed E-state index contributed by atoms with van der Waals surface area (Å²) in [5, 5.41) is 5.08. The van der Waals surface area contributed by atoms with Gasteiger partial charge in [-0.1, -0.05) is 13.0 Å². The minimum atomic E-state index is 0.541. The molecule has 3 aliphatic rings. The molecule has 3 heteroatoms. The predicted octanol–water partition coefficient (Wildman–Crippen LogP) is 2.46. The lowest BCUT2D eigenvalue weighted by Crippen LogP contribution is -2.37. The molecule has 98 valence electrons. The van der Waals surface area contributed by atoms with Crippen LogP contribution in [0.15, 0.2) is 11.8 Å². The van der Waals surface area contributed by atoms with Crippen molar-refractivity contribution in [3.63, 3.8) is 0 Å². The zero-order valence-electron chi connectivity index (χ0n) is 11.0. The van der Waals surface area contributed by atoms with Crippen LogP contribution in [0.25, 0.3) is 0 Å². The minimum absolute atomic E-state index is 0.541. The van der Waals surface area contributed by atoms with Crippen molar-refractivity contribution in [3.05, 3.63) is 11.8 Å². The van der Waals surface area contributed by atoms with Gasteiger partial charge < -0.3 is 11.1 Å². The summed E-state index contributed by atoms with van der Waals surface area (Å²) in [6.07, 6.45) is 8.17. The highest BCUT2D eigenvalue weighted by molar-refractivity contribution is 8.00. The lowest BCUT2D eigenvalue weighted by Gasteiger charge is -2.25. The van der Waals surface area contributed by atoms with E-state index >= 15 is 0 Å². The Balaban J connectivity index is 1.68. The van der Waals surface area contributed by atoms with Gasteiger partial charge in [0.05, 0.1) is 5.37 Å². The zero-order valence-corrected chi connectivity index (χ0v) is 11.8. The van der Waals surface area contributed by atoms with E-state index in [1.54, 1.807) is 0 Å². The quantitative estimate of drug-likeness (QED) is 0.713. The molecule has 1 aliphatic heterocycles. The van der Waals surface area contributed by atoms with Crippen molar-refractivity contribution >= 4 is 11.8 Å². The van der Waals surface area contributed by atoms with Gasteiger partial charge in [-0.2, -0.15) is 0 Å². The van der Waals surface area contributed by atoms with Crippen molar-refractivity contribution in [1.29, 1.82) is 0 Å². The van der Waals surface area contributed by atoms with Crippen LogP contribution in [-0.4, -0.2) is 16.7 Å². The Morgan fingerprint density at radius 2 is 2.39 bits per heavy atom. The van der Waals surface area contributed by atoms with E-state index in [2.05, 4.69) is 41.9 Å². The number of rotatable bonds is 1. The molecule has 0 aromatic carbocycles. The molecule has 5 atom stereocenters. The van der Waals surface area contributed by atoms with E-state index in [9.17, 15) is 0 Å². The van der Waals surface area contributed by atoms with Gasteiger partial charge in [-0.3, -0.25) is 0 Å². The molecule has 3 N–H and O–H groups in total. The van der Waals surface area contributed by atoms with Crippen LogP contribution in [0.3, 0.4) is 0 Å². The minimum Gasteiger partial charge on any atom is -0.402 e. The van der Waals surface area contributed by atoms with Gasteiger partial charge in [0, 0.05) is 35.2 Å². The van der Waals surface area contributed by atoms with Crippen molar-refractivity contribution in [2.75, 3.05) is 0 Å². The van der Waals surface area contributed by atoms with E-state index in [1.807, 2.05) is 0 Å². The molecule has 5 unspecified atom stereocenters. The maximum Gasteiger partial charge on any atom is 0.0602 e. The van der Waals surface area contributed by atoms with Crippen LogP contribution in [0, 0.1) is 23.7 Å². The fourth-order valence-corrected chi connectivity index (χ4v) is 4.88. The van der Waals surface area contributed by atoms with E-state index in [0.717, 1.165) is 18.5 Å². The number of hydrogen-bond donors (Lipinski definition) is 2. The highest BCUT2D eigenvalue weighted by Crippen LogP contribution is 2.40. The molecule has 0 aromatic rings. The van der Waals surface area contributed by atoms with Gasteiger partial charge in [0.1, 0.15) is 0 Å². The van der Waals surface area contributed by atoms with Crippen LogP contribution in [0.4, 0.5) is 0 Å². The fourth-order valence-electron chi connectivity index (χ4n) is 3.27. The summed E-state index contributed by atoms with van der Waals surface area (Å²) in [6, 6.07) is 0.633. The first-order valence-electron chi connectivity index (χ1n) is 7.08. The first-order valence-corrected chi connectivity index (χ1v) is 8.03. The van der Waals surface area contributed by atoms with Crippen LogP contribution in [0.2, 0.25) is 0 Å². The largest absolute Gasteiger partial charge is 0.402 e. The molecule has 1 saturated heterocycles. The standard InChI is InChI=1S/C15H22N2S/c1-10-4-2-7-14-13(8-10)17-15(18-14)11-5-3-6-12(16)9-11/h9-11,13-15,17H,3,5-8,16H2,1H3. The molecule has 0 bridgehead atoms. The van der Waals surface area contributed by atoms with Crippen LogP contribution in [0.5, 0.6) is 0 Å². The molecule has 3 rings (SSSR count). The second kappa shape index (κ2) is 5.19. The average Bonchev–Trinajstić information content (AvgIpc) is 2.65. The van der Waals surface area contributed by atoms with Crippen LogP contribution in [-0.2, 0) is 0 Å². The molecule has 0 saturated carbocycles. The molecular formula is C15H22N2S. The molecule has 1 fully saturated rings. The second-order valence-electron chi connectivity index (χ2n) is 5.83. The van der Waals surface area contributed by atoms with E-state index in [-0.39, 0.29) is 0 Å². The van der Waals surface area contributed by atoms with Gasteiger partial charge >= 0.3 is 0 Å². The third-order valence-corrected chi connectivity index (χ3v) is 5.85. The maximum atomic E-state index is 5.99. The molecule has 18 heavy (non-hydrogen) atoms. The number of thioether (sulfide) groups is 1. The second-order valence-corrected chi connectivity index (χ2v) is 7.21. The van der Waals surface area contributed by atoms with Crippen molar-refractivity contribution in [2.24, 2.45) is 17.6 Å². The molecule has 0 aromatic heterocycles. The Hall–Kier alpha value is -0.590. The van der Waals surface area contributed by atoms with E-state index in [1.165, 1.54) is 19.3 Å². The Kier molecular flexibility index (Phi) is 3.59. The van der Waals surface area contributed by atoms with Gasteiger partial charge in [0.2, 0.25) is 0 Å². The van der Waals surface area contributed by atoms with Gasteiger partial charge in [0.15, 0.2) is 0 Å². The molecule has 0 amide bonds. The third kappa shape index (κ3) is 2.55. The van der Waals surface area contributed by atoms with Gasteiger partial charge in [-0.05, 0) is 25.7 Å². The topological polar surface area (TPSA) is 38.0 Å². The first kappa shape index (κ1) is 12.4. The summed E-state index contributed by atoms with van der Waals surface area (Å²) in [7, 11) is 0. The number of fused-ring (bicyclic) bond motifs is 1. The van der Waals surface area contributed by atoms with E-state index in [0.29, 0.717) is 28.5 Å². The zero-order chi connectivity index (χ0) is 12.5. The Bertz CT molecular complexity index is 406. The van der Waals surface area contributed by atoms with Gasteiger partial charge in [0.25, 0.3) is 0 Å². The summed E-state index contributed by atoms with van der Waals surface area (Å²) in [5.41, 5.74) is 7.08. The average molecular weight is 262 g/mol. The molecule has 0 spiro atoms. The number of nitrogens with one attached hydrogen (secondary N) is 1. The predicted molar refractivity (Wildman–Crippen MR) is 77.9 cm³/mol. The van der Waals surface area contributed by atoms with E-state index < -0.39 is 0 Å². The third-order valence-electron chi connectivity index (χ3n) is 4.23. The van der Waals surface area contributed by atoms with Crippen molar-refractivity contribution in [2.45, 2.75) is 55.7 Å². The number of hydrogen-bond acceptors (Lipinski definition) is 3. The fraction of sp³-hybridized carbons (Fsp3) is 0.733. The molecule has 0 radical (unpaired) electrons. The number of allylic oxidation sites excluding steroid dienone is 1. The van der Waals surface area contributed by atoms with Crippen molar-refractivity contribution in [3.8, 4) is 11.8 Å². The molecule has 2 aliphatic carbocycles. The summed E-state index contributed by atoms with van der Waals surface area (Å²) >= 11 is 2.10. The summed E-state index contributed by atoms with van der Waals surface area (Å²) in [4.78, 5) is 0. The molecular weight excluding hydrogens is 240 g/mol. The number of nitrogens with two attached hydrogens (primary N) is 1. The summed E-state index contributed by atoms with van der Waals surface area (Å²) < 4.78 is 0. The summed E-state index contributed by atoms with van der Waals surface area (Å²) in [5.74, 6) is 7.85. The van der Waals surface area contributed by atoms with Gasteiger partial charge in [-0.25, -0.2) is 0 Å². The van der Waals surface area contributed by atoms with Gasteiger partial charge in [-0.15, -0.1) is 23.6 Å². The van der Waals surface area contributed by atoms with Crippen LogP contribution in [0.1, 0.15) is 39.0 Å². The Morgan fingerprint density at radius 3 is 3.22 bits per heavy atom. The SMILES string of the molecule is CC1C#CCC2SC(C3C=C(N)CCC3)NC2C1. The molecule has 2 nitrogen and oxygen atoms in total. The van der Waals surface area contributed by atoms with E-state index in [4.69, 9.17) is 5.73 Å². The molecule has 1 heterocycles. The highest BCUT2D eigenvalue weighted by Gasteiger charge is 2.38. The Labute approximate surface area is 114 Å². The lowest BCUT2D eigenvalue weighted by molar-refractivity contribution is 0.400. The maximum absolute atomic E-state index is 5.99. The monoisotopic (exact) mass is 262 g/mol. The smallest absolute Gasteiger partial charge is 0.0602 e.